The van der Waals surface area contributed by atoms with Gasteiger partial charge in [0.1, 0.15) is 18.2 Å². The molecule has 0 saturated heterocycles. The topological polar surface area (TPSA) is 38.3 Å². The number of fused-ring (bicyclic) bond motifs is 1. The molecule has 1 N–H and O–H groups in total. The molecule has 98 valence electrons. The summed E-state index contributed by atoms with van der Waals surface area (Å²) in [7, 11) is 0. The Labute approximate surface area is 112 Å². The molecule has 1 aromatic carbocycles. The molecule has 0 saturated carbocycles. The second kappa shape index (κ2) is 6.64. The van der Waals surface area contributed by atoms with E-state index in [4.69, 9.17) is 16.3 Å². The van der Waals surface area contributed by atoms with Gasteiger partial charge in [-0.05, 0) is 42.9 Å². The molecule has 0 spiro atoms. The van der Waals surface area contributed by atoms with Crippen LogP contribution in [0.1, 0.15) is 24.0 Å². The number of carbonyl (C=O) groups excluding carboxylic acids is 1. The maximum atomic E-state index is 11.0. The van der Waals surface area contributed by atoms with Crippen molar-refractivity contribution in [2.75, 3.05) is 19.0 Å². The quantitative estimate of drug-likeness (QED) is 0.657. The van der Waals surface area contributed by atoms with Crippen molar-refractivity contribution in [1.29, 1.82) is 0 Å². The smallest absolute Gasteiger partial charge is 0.235 e. The molecule has 0 radical (unpaired) electrons. The standard InChI is InChI=1S/C14H18ClNO2/c15-10-14(17)16-8-9-18-13-7-3-5-11-4-1-2-6-12(11)13/h3,5,7H,1-2,4,6,8-10H2,(H,16,17). The number of rotatable bonds is 5. The zero-order valence-corrected chi connectivity index (χ0v) is 11.1. The molecule has 0 aliphatic heterocycles. The predicted molar refractivity (Wildman–Crippen MR) is 72.3 cm³/mol. The van der Waals surface area contributed by atoms with Crippen molar-refractivity contribution >= 4 is 17.5 Å². The van der Waals surface area contributed by atoms with Crippen LogP contribution in [-0.2, 0) is 17.6 Å². The SMILES string of the molecule is O=C(CCl)NCCOc1cccc2c1CCCC2. The van der Waals surface area contributed by atoms with Crippen LogP contribution in [0.15, 0.2) is 18.2 Å². The fourth-order valence-corrected chi connectivity index (χ4v) is 2.37. The van der Waals surface area contributed by atoms with Crippen molar-refractivity contribution < 1.29 is 9.53 Å². The van der Waals surface area contributed by atoms with Crippen molar-refractivity contribution in [1.82, 2.24) is 5.32 Å². The third kappa shape index (κ3) is 3.39. The number of aryl methyl sites for hydroxylation is 1. The van der Waals surface area contributed by atoms with E-state index in [1.54, 1.807) is 0 Å². The number of carbonyl (C=O) groups is 1. The van der Waals surface area contributed by atoms with Crippen LogP contribution in [0.4, 0.5) is 0 Å². The van der Waals surface area contributed by atoms with Crippen LogP contribution in [0.25, 0.3) is 0 Å². The van der Waals surface area contributed by atoms with Gasteiger partial charge in [0.25, 0.3) is 0 Å². The molecule has 3 nitrogen and oxygen atoms in total. The molecule has 0 unspecified atom stereocenters. The van der Waals surface area contributed by atoms with E-state index >= 15 is 0 Å². The Kier molecular flexibility index (Phi) is 4.88. The number of nitrogens with one attached hydrogen (secondary N) is 1. The molecule has 1 amide bonds. The number of halogens is 1. The molecule has 1 aromatic rings. The highest BCUT2D eigenvalue weighted by molar-refractivity contribution is 6.27. The van der Waals surface area contributed by atoms with Gasteiger partial charge in [0.15, 0.2) is 0 Å². The van der Waals surface area contributed by atoms with Gasteiger partial charge in [-0.3, -0.25) is 4.79 Å². The normalized spacial score (nSPS) is 13.8. The third-order valence-electron chi connectivity index (χ3n) is 3.16. The van der Waals surface area contributed by atoms with Gasteiger partial charge in [-0.25, -0.2) is 0 Å². The van der Waals surface area contributed by atoms with Gasteiger partial charge in [0.05, 0.1) is 6.54 Å². The van der Waals surface area contributed by atoms with Gasteiger partial charge >= 0.3 is 0 Å². The van der Waals surface area contributed by atoms with Crippen molar-refractivity contribution in [3.8, 4) is 5.75 Å². The van der Waals surface area contributed by atoms with Crippen LogP contribution < -0.4 is 10.1 Å². The predicted octanol–water partition coefficient (Wildman–Crippen LogP) is 2.30. The Morgan fingerprint density at radius 2 is 2.17 bits per heavy atom. The minimum atomic E-state index is -0.157. The summed E-state index contributed by atoms with van der Waals surface area (Å²) < 4.78 is 5.74. The number of hydrogen-bond acceptors (Lipinski definition) is 2. The zero-order chi connectivity index (χ0) is 12.8. The molecule has 1 aliphatic carbocycles. The number of amides is 1. The van der Waals surface area contributed by atoms with Gasteiger partial charge < -0.3 is 10.1 Å². The van der Waals surface area contributed by atoms with Crippen LogP contribution in [0.3, 0.4) is 0 Å². The molecule has 0 fully saturated rings. The Balaban J connectivity index is 1.88. The molecule has 2 rings (SSSR count). The average Bonchev–Trinajstić information content (AvgIpc) is 2.43. The fraction of sp³-hybridized carbons (Fsp3) is 0.500. The van der Waals surface area contributed by atoms with Crippen LogP contribution >= 0.6 is 11.6 Å². The monoisotopic (exact) mass is 267 g/mol. The first-order chi connectivity index (χ1) is 8.81. The highest BCUT2D eigenvalue weighted by Crippen LogP contribution is 2.29. The summed E-state index contributed by atoms with van der Waals surface area (Å²) in [6.07, 6.45) is 4.74. The molecule has 0 bridgehead atoms. The zero-order valence-electron chi connectivity index (χ0n) is 10.4. The summed E-state index contributed by atoms with van der Waals surface area (Å²) >= 11 is 5.39. The van der Waals surface area contributed by atoms with Crippen LogP contribution in [0, 0.1) is 0 Å². The van der Waals surface area contributed by atoms with Crippen LogP contribution in [0.5, 0.6) is 5.75 Å². The van der Waals surface area contributed by atoms with E-state index in [2.05, 4.69) is 11.4 Å². The maximum Gasteiger partial charge on any atom is 0.235 e. The first-order valence-corrected chi connectivity index (χ1v) is 6.91. The summed E-state index contributed by atoms with van der Waals surface area (Å²) in [6.45, 7) is 0.980. The molecule has 0 aromatic heterocycles. The molecule has 18 heavy (non-hydrogen) atoms. The van der Waals surface area contributed by atoms with E-state index in [1.165, 1.54) is 24.0 Å². The summed E-state index contributed by atoms with van der Waals surface area (Å²) in [4.78, 5) is 11.0. The summed E-state index contributed by atoms with van der Waals surface area (Å²) in [6, 6.07) is 6.22. The highest BCUT2D eigenvalue weighted by atomic mass is 35.5. The molecular formula is C14H18ClNO2. The van der Waals surface area contributed by atoms with Crippen LogP contribution in [-0.4, -0.2) is 24.9 Å². The minimum absolute atomic E-state index is 0.000729. The maximum absolute atomic E-state index is 11.0. The van der Waals surface area contributed by atoms with Crippen molar-refractivity contribution in [3.63, 3.8) is 0 Å². The lowest BCUT2D eigenvalue weighted by Gasteiger charge is -2.19. The summed E-state index contributed by atoms with van der Waals surface area (Å²) in [5.74, 6) is 0.809. The molecule has 4 heteroatoms. The second-order valence-corrected chi connectivity index (χ2v) is 4.70. The van der Waals surface area contributed by atoms with Crippen LogP contribution in [0.2, 0.25) is 0 Å². The van der Waals surface area contributed by atoms with E-state index in [-0.39, 0.29) is 11.8 Å². The van der Waals surface area contributed by atoms with Crippen molar-refractivity contribution in [2.24, 2.45) is 0 Å². The summed E-state index contributed by atoms with van der Waals surface area (Å²) in [5.41, 5.74) is 2.75. The lowest BCUT2D eigenvalue weighted by atomic mass is 9.91. The number of hydrogen-bond donors (Lipinski definition) is 1. The lowest BCUT2D eigenvalue weighted by Crippen LogP contribution is -2.29. The molecular weight excluding hydrogens is 250 g/mol. The van der Waals surface area contributed by atoms with Crippen molar-refractivity contribution in [3.05, 3.63) is 29.3 Å². The Morgan fingerprint density at radius 3 is 3.00 bits per heavy atom. The van der Waals surface area contributed by atoms with Gasteiger partial charge in [-0.1, -0.05) is 12.1 Å². The number of benzene rings is 1. The minimum Gasteiger partial charge on any atom is -0.491 e. The first kappa shape index (κ1) is 13.2. The Bertz CT molecular complexity index is 420. The fourth-order valence-electron chi connectivity index (χ4n) is 2.28. The highest BCUT2D eigenvalue weighted by Gasteiger charge is 2.13. The first-order valence-electron chi connectivity index (χ1n) is 6.37. The third-order valence-corrected chi connectivity index (χ3v) is 3.40. The van der Waals surface area contributed by atoms with E-state index < -0.39 is 0 Å². The number of alkyl halides is 1. The Hall–Kier alpha value is -1.22. The molecule has 0 heterocycles. The van der Waals surface area contributed by atoms with E-state index in [1.807, 2.05) is 12.1 Å². The largest absolute Gasteiger partial charge is 0.491 e. The lowest BCUT2D eigenvalue weighted by molar-refractivity contribution is -0.118. The summed E-state index contributed by atoms with van der Waals surface area (Å²) in [5, 5.41) is 2.69. The number of ether oxygens (including phenoxy) is 1. The van der Waals surface area contributed by atoms with Gasteiger partial charge in [0.2, 0.25) is 5.91 Å². The van der Waals surface area contributed by atoms with Gasteiger partial charge in [-0.15, -0.1) is 11.6 Å². The van der Waals surface area contributed by atoms with Crippen molar-refractivity contribution in [2.45, 2.75) is 25.7 Å². The Morgan fingerprint density at radius 1 is 1.33 bits per heavy atom. The molecule has 1 aliphatic rings. The van der Waals surface area contributed by atoms with Gasteiger partial charge in [0, 0.05) is 0 Å². The van der Waals surface area contributed by atoms with E-state index in [0.29, 0.717) is 13.2 Å². The van der Waals surface area contributed by atoms with E-state index in [0.717, 1.165) is 18.6 Å². The van der Waals surface area contributed by atoms with Gasteiger partial charge in [-0.2, -0.15) is 0 Å². The van der Waals surface area contributed by atoms with E-state index in [9.17, 15) is 4.79 Å². The second-order valence-electron chi connectivity index (χ2n) is 4.43. The molecule has 0 atom stereocenters. The average molecular weight is 268 g/mol.